The van der Waals surface area contributed by atoms with E-state index in [0.29, 0.717) is 35.8 Å². The normalized spacial score (nSPS) is 19.4. The number of rotatable bonds is 14. The Labute approximate surface area is 355 Å². The highest BCUT2D eigenvalue weighted by molar-refractivity contribution is 7.99. The van der Waals surface area contributed by atoms with Gasteiger partial charge in [0.25, 0.3) is 11.8 Å². The number of benzene rings is 2. The number of ether oxygens (including phenoxy) is 1. The highest BCUT2D eigenvalue weighted by Crippen LogP contribution is 2.36. The second-order valence-corrected chi connectivity index (χ2v) is 17.0. The molecular formula is C42H46ClF2N9O5S. The molecule has 8 rings (SSSR count). The van der Waals surface area contributed by atoms with E-state index in [9.17, 15) is 28.0 Å². The molecule has 18 heteroatoms. The fraction of sp³-hybridized carbons (Fsp3) is 0.429. The van der Waals surface area contributed by atoms with E-state index < -0.39 is 17.5 Å². The summed E-state index contributed by atoms with van der Waals surface area (Å²) in [6.07, 6.45) is 7.96. The van der Waals surface area contributed by atoms with Gasteiger partial charge in [-0.05, 0) is 98.5 Å². The number of thioether (sulfide) groups is 1. The van der Waals surface area contributed by atoms with Crippen LogP contribution in [0.2, 0.25) is 0 Å². The molecule has 14 nitrogen and oxygen atoms in total. The first-order valence-corrected chi connectivity index (χ1v) is 21.6. The number of hydrogen-bond acceptors (Lipinski definition) is 11. The zero-order valence-electron chi connectivity index (χ0n) is 32.9. The summed E-state index contributed by atoms with van der Waals surface area (Å²) < 4.78 is 30.3. The van der Waals surface area contributed by atoms with Crippen LogP contribution in [0.25, 0.3) is 11.3 Å². The van der Waals surface area contributed by atoms with E-state index in [2.05, 4.69) is 46.3 Å². The highest BCUT2D eigenvalue weighted by Gasteiger charge is 2.40. The number of hydrogen-bond donors (Lipinski definition) is 3. The van der Waals surface area contributed by atoms with Gasteiger partial charge >= 0.3 is 5.57 Å². The molecule has 316 valence electrons. The molecule has 2 aromatic heterocycles. The average molecular weight is 862 g/mol. The molecule has 2 aromatic carbocycles. The van der Waals surface area contributed by atoms with Gasteiger partial charge < -0.3 is 24.8 Å². The maximum Gasteiger partial charge on any atom is 0.487 e. The molecule has 4 aromatic rings. The molecule has 4 aliphatic rings. The van der Waals surface area contributed by atoms with Crippen molar-refractivity contribution in [3.63, 3.8) is 0 Å². The number of amides is 4. The summed E-state index contributed by atoms with van der Waals surface area (Å²) in [4.78, 5) is 65.4. The number of carbonyl (C=O) groups is 4. The van der Waals surface area contributed by atoms with Gasteiger partial charge in [0.1, 0.15) is 17.6 Å². The third-order valence-corrected chi connectivity index (χ3v) is 12.9. The van der Waals surface area contributed by atoms with Crippen molar-refractivity contribution in [3.05, 3.63) is 83.7 Å². The maximum atomic E-state index is 13.2. The molecule has 3 fully saturated rings. The summed E-state index contributed by atoms with van der Waals surface area (Å²) in [5, 5.41) is 12.3. The van der Waals surface area contributed by atoms with Gasteiger partial charge in [0, 0.05) is 104 Å². The lowest BCUT2D eigenvalue weighted by atomic mass is 10.0. The summed E-state index contributed by atoms with van der Waals surface area (Å²) in [5.74, 6) is 0.370. The lowest BCUT2D eigenvalue weighted by molar-refractivity contribution is -0.136. The van der Waals surface area contributed by atoms with Crippen molar-refractivity contribution < 1.29 is 32.7 Å². The van der Waals surface area contributed by atoms with Crippen LogP contribution >= 0.6 is 23.4 Å². The average Bonchev–Trinajstić information content (AvgIpc) is 3.90. The van der Waals surface area contributed by atoms with Crippen molar-refractivity contribution >= 4 is 58.5 Å². The molecule has 0 bridgehead atoms. The Morgan fingerprint density at radius 3 is 2.47 bits per heavy atom. The monoisotopic (exact) mass is 861 g/mol. The Bertz CT molecular complexity index is 2190. The highest BCUT2D eigenvalue weighted by atomic mass is 35.5. The summed E-state index contributed by atoms with van der Waals surface area (Å²) in [6, 6.07) is 14.8. The number of aromatic nitrogens is 3. The largest absolute Gasteiger partial charge is 0.487 e. The number of fused-ring (bicyclic) bond motifs is 1. The van der Waals surface area contributed by atoms with E-state index in [4.69, 9.17) is 16.6 Å². The molecule has 3 saturated heterocycles. The Morgan fingerprint density at radius 2 is 1.75 bits per heavy atom. The van der Waals surface area contributed by atoms with Gasteiger partial charge in [-0.15, -0.1) is 20.5 Å². The predicted molar refractivity (Wildman–Crippen MR) is 223 cm³/mol. The van der Waals surface area contributed by atoms with Crippen LogP contribution < -0.4 is 20.3 Å². The molecule has 0 saturated carbocycles. The van der Waals surface area contributed by atoms with Gasteiger partial charge in [-0.3, -0.25) is 34.5 Å². The second-order valence-electron chi connectivity index (χ2n) is 15.4. The third-order valence-electron chi connectivity index (χ3n) is 11.6. The van der Waals surface area contributed by atoms with E-state index >= 15 is 0 Å². The fourth-order valence-electron chi connectivity index (χ4n) is 8.49. The molecule has 0 spiro atoms. The molecular weight excluding hydrogens is 816 g/mol. The Kier molecular flexibility index (Phi) is 12.7. The molecule has 4 amide bonds. The quantitative estimate of drug-likeness (QED) is 0.0609. The lowest BCUT2D eigenvalue weighted by Gasteiger charge is -2.43. The van der Waals surface area contributed by atoms with E-state index in [1.165, 1.54) is 24.3 Å². The van der Waals surface area contributed by atoms with Crippen molar-refractivity contribution in [2.45, 2.75) is 67.6 Å². The standard InChI is InChI=1S/C42H46ClF2N9O5S/c43-42(44,45)59-30-8-6-28(7-9-30)48-39(56)27-24-32(34-12-15-47-50-34)38(46-25-27)53-17-13-29(14-18-53)52-21-19-51(20-22-52)16-1-2-23-60-36-5-3-4-31-33(36)26-54(41(31)58)35-10-11-37(55)49-40(35)57/h3-9,12,15,24-25,29,35H,1-2,10-11,13-14,16-23,26H2,(H,47,50)(H,48,56)(H,49,55,57). The number of anilines is 2. The van der Waals surface area contributed by atoms with Crippen molar-refractivity contribution in [1.29, 1.82) is 0 Å². The van der Waals surface area contributed by atoms with E-state index in [0.717, 1.165) is 105 Å². The van der Waals surface area contributed by atoms with Crippen LogP contribution in [-0.2, 0) is 16.1 Å². The SMILES string of the molecule is O=C1CCC(N2Cc3c(SCCCCN4CCN(C5CCN(c6ncc(C(=O)Nc7ccc(OC(F)(F)Cl)cc7)cc6-c6ccn[nH]6)CC5)CC4)cccc3C2=O)C(=O)N1. The Morgan fingerprint density at radius 1 is 0.967 bits per heavy atom. The molecule has 1 unspecified atom stereocenters. The van der Waals surface area contributed by atoms with Crippen LogP contribution in [0.4, 0.5) is 20.3 Å². The topological polar surface area (TPSA) is 156 Å². The first-order valence-electron chi connectivity index (χ1n) is 20.3. The first kappa shape index (κ1) is 41.6. The maximum absolute atomic E-state index is 13.2. The zero-order valence-corrected chi connectivity index (χ0v) is 34.5. The number of unbranched alkanes of at least 4 members (excludes halogenated alkanes) is 1. The van der Waals surface area contributed by atoms with Gasteiger partial charge in [0.05, 0.1) is 11.3 Å². The molecule has 1 atom stereocenters. The number of pyridine rings is 1. The van der Waals surface area contributed by atoms with Crippen LogP contribution in [0.3, 0.4) is 0 Å². The van der Waals surface area contributed by atoms with Crippen molar-refractivity contribution in [2.75, 3.05) is 61.8 Å². The number of alkyl halides is 3. The van der Waals surface area contributed by atoms with E-state index in [1.54, 1.807) is 35.1 Å². The summed E-state index contributed by atoms with van der Waals surface area (Å²) >= 11 is 6.62. The van der Waals surface area contributed by atoms with Crippen LogP contribution in [0.1, 0.15) is 64.8 Å². The number of H-pyrrole nitrogens is 1. The molecule has 4 aliphatic heterocycles. The van der Waals surface area contributed by atoms with E-state index in [-0.39, 0.29) is 29.9 Å². The summed E-state index contributed by atoms with van der Waals surface area (Å²) in [7, 11) is 0. The fourth-order valence-corrected chi connectivity index (χ4v) is 9.67. The smallest absolute Gasteiger partial charge is 0.420 e. The van der Waals surface area contributed by atoms with Gasteiger partial charge in [0.2, 0.25) is 11.8 Å². The van der Waals surface area contributed by atoms with Gasteiger partial charge in [-0.25, -0.2) is 4.98 Å². The van der Waals surface area contributed by atoms with Gasteiger partial charge in [-0.1, -0.05) is 6.07 Å². The van der Waals surface area contributed by atoms with Crippen molar-refractivity contribution in [3.8, 4) is 17.0 Å². The number of piperidine rings is 2. The van der Waals surface area contributed by atoms with Crippen molar-refractivity contribution in [2.24, 2.45) is 0 Å². The third kappa shape index (κ3) is 9.75. The number of carbonyl (C=O) groups excluding carboxylic acids is 4. The molecule has 0 aliphatic carbocycles. The lowest BCUT2D eigenvalue weighted by Crippen LogP contribution is -2.53. The molecule has 0 radical (unpaired) electrons. The second kappa shape index (κ2) is 18.3. The first-order chi connectivity index (χ1) is 29.0. The zero-order chi connectivity index (χ0) is 41.8. The molecule has 6 heterocycles. The number of piperazine rings is 1. The number of halogens is 3. The Balaban J connectivity index is 0.776. The van der Waals surface area contributed by atoms with Crippen LogP contribution in [0.5, 0.6) is 5.75 Å². The predicted octanol–water partition coefficient (Wildman–Crippen LogP) is 5.81. The minimum atomic E-state index is -3.83. The molecule has 60 heavy (non-hydrogen) atoms. The minimum Gasteiger partial charge on any atom is -0.420 e. The Hall–Kier alpha value is -5.10. The minimum absolute atomic E-state index is 0.136. The van der Waals surface area contributed by atoms with Gasteiger partial charge in [-0.2, -0.15) is 5.10 Å². The number of nitrogens with zero attached hydrogens (tertiary/aromatic N) is 6. The number of nitrogens with one attached hydrogen (secondary N) is 3. The van der Waals surface area contributed by atoms with Crippen LogP contribution in [0.15, 0.2) is 71.9 Å². The van der Waals surface area contributed by atoms with Gasteiger partial charge in [0.15, 0.2) is 0 Å². The molecule has 3 N–H and O–H groups in total. The van der Waals surface area contributed by atoms with Crippen molar-refractivity contribution in [1.82, 2.24) is 35.2 Å². The summed E-state index contributed by atoms with van der Waals surface area (Å²) in [6.45, 7) is 7.23. The number of aromatic amines is 1. The van der Waals surface area contributed by atoms with Crippen LogP contribution in [0, 0.1) is 0 Å². The summed E-state index contributed by atoms with van der Waals surface area (Å²) in [5.41, 5.74) is 0.0326. The number of imide groups is 1. The van der Waals surface area contributed by atoms with Crippen LogP contribution in [-0.4, -0.2) is 123 Å². The van der Waals surface area contributed by atoms with E-state index in [1.807, 2.05) is 18.2 Å².